The Morgan fingerprint density at radius 2 is 2.19 bits per heavy atom. The summed E-state index contributed by atoms with van der Waals surface area (Å²) in [6.45, 7) is 6.45. The van der Waals surface area contributed by atoms with Gasteiger partial charge in [0, 0.05) is 6.54 Å². The predicted molar refractivity (Wildman–Crippen MR) is 62.7 cm³/mol. The standard InChI is InChI=1S/C12H16FN3/c1-3-14-8-11-15-12-9(13)6-5-7-10(12)16(11)4-2/h5-7,14H,3-4,8H2,1-2H3. The Morgan fingerprint density at radius 3 is 2.88 bits per heavy atom. The number of benzene rings is 1. The molecule has 1 aromatic heterocycles. The van der Waals surface area contributed by atoms with Crippen LogP contribution in [0.3, 0.4) is 0 Å². The van der Waals surface area contributed by atoms with Crippen LogP contribution in [-0.2, 0) is 13.1 Å². The molecule has 0 aliphatic rings. The Labute approximate surface area is 94.3 Å². The monoisotopic (exact) mass is 221 g/mol. The minimum absolute atomic E-state index is 0.248. The van der Waals surface area contributed by atoms with E-state index in [2.05, 4.69) is 10.3 Å². The summed E-state index contributed by atoms with van der Waals surface area (Å²) >= 11 is 0. The number of nitrogens with one attached hydrogen (secondary N) is 1. The second kappa shape index (κ2) is 4.61. The van der Waals surface area contributed by atoms with Crippen LogP contribution in [0.25, 0.3) is 11.0 Å². The molecule has 1 aromatic carbocycles. The van der Waals surface area contributed by atoms with Gasteiger partial charge in [-0.05, 0) is 25.6 Å². The van der Waals surface area contributed by atoms with Crippen molar-refractivity contribution in [3.05, 3.63) is 29.8 Å². The summed E-state index contributed by atoms with van der Waals surface area (Å²) in [4.78, 5) is 4.35. The fourth-order valence-corrected chi connectivity index (χ4v) is 1.89. The van der Waals surface area contributed by atoms with Gasteiger partial charge in [-0.3, -0.25) is 0 Å². The van der Waals surface area contributed by atoms with E-state index in [4.69, 9.17) is 0 Å². The number of imidazole rings is 1. The van der Waals surface area contributed by atoms with Gasteiger partial charge in [-0.25, -0.2) is 9.37 Å². The molecular formula is C12H16FN3. The van der Waals surface area contributed by atoms with E-state index in [-0.39, 0.29) is 5.82 Å². The number of hydrogen-bond donors (Lipinski definition) is 1. The Bertz CT molecular complexity index is 490. The molecule has 0 saturated carbocycles. The van der Waals surface area contributed by atoms with Crippen LogP contribution >= 0.6 is 0 Å². The Hall–Kier alpha value is -1.42. The molecule has 2 aromatic rings. The van der Waals surface area contributed by atoms with Crippen molar-refractivity contribution in [2.75, 3.05) is 6.54 Å². The van der Waals surface area contributed by atoms with Crippen molar-refractivity contribution in [1.29, 1.82) is 0 Å². The Kier molecular flexibility index (Phi) is 3.19. The van der Waals surface area contributed by atoms with Crippen LogP contribution < -0.4 is 5.32 Å². The first-order valence-electron chi connectivity index (χ1n) is 5.62. The number of para-hydroxylation sites is 1. The summed E-state index contributed by atoms with van der Waals surface area (Å²) in [5, 5.41) is 3.21. The van der Waals surface area contributed by atoms with Crippen LogP contribution in [0.2, 0.25) is 0 Å². The fourth-order valence-electron chi connectivity index (χ4n) is 1.89. The predicted octanol–water partition coefficient (Wildman–Crippen LogP) is 2.30. The van der Waals surface area contributed by atoms with E-state index in [1.165, 1.54) is 6.07 Å². The van der Waals surface area contributed by atoms with Gasteiger partial charge in [0.25, 0.3) is 0 Å². The van der Waals surface area contributed by atoms with Gasteiger partial charge in [-0.1, -0.05) is 13.0 Å². The summed E-state index contributed by atoms with van der Waals surface area (Å²) < 4.78 is 15.6. The molecule has 2 rings (SSSR count). The third-order valence-corrected chi connectivity index (χ3v) is 2.66. The lowest BCUT2D eigenvalue weighted by molar-refractivity contribution is 0.632. The largest absolute Gasteiger partial charge is 0.327 e. The Morgan fingerprint density at radius 1 is 1.38 bits per heavy atom. The molecule has 16 heavy (non-hydrogen) atoms. The molecule has 0 bridgehead atoms. The number of fused-ring (bicyclic) bond motifs is 1. The van der Waals surface area contributed by atoms with Crippen LogP contribution in [0.5, 0.6) is 0 Å². The molecule has 0 atom stereocenters. The van der Waals surface area contributed by atoms with Crippen molar-refractivity contribution >= 4 is 11.0 Å². The average Bonchev–Trinajstić information content (AvgIpc) is 2.65. The van der Waals surface area contributed by atoms with Crippen molar-refractivity contribution in [2.24, 2.45) is 0 Å². The molecule has 1 heterocycles. The highest BCUT2D eigenvalue weighted by Gasteiger charge is 2.11. The van der Waals surface area contributed by atoms with Crippen LogP contribution in [-0.4, -0.2) is 16.1 Å². The van der Waals surface area contributed by atoms with Gasteiger partial charge >= 0.3 is 0 Å². The zero-order valence-electron chi connectivity index (χ0n) is 9.63. The van der Waals surface area contributed by atoms with Gasteiger partial charge in [-0.2, -0.15) is 0 Å². The van der Waals surface area contributed by atoms with E-state index < -0.39 is 0 Å². The van der Waals surface area contributed by atoms with Crippen molar-refractivity contribution in [3.63, 3.8) is 0 Å². The maximum atomic E-state index is 13.5. The lowest BCUT2D eigenvalue weighted by atomic mass is 10.3. The van der Waals surface area contributed by atoms with Gasteiger partial charge in [-0.15, -0.1) is 0 Å². The van der Waals surface area contributed by atoms with Crippen LogP contribution in [0.15, 0.2) is 18.2 Å². The molecule has 0 aliphatic heterocycles. The van der Waals surface area contributed by atoms with Gasteiger partial charge in [0.15, 0.2) is 5.82 Å². The summed E-state index contributed by atoms with van der Waals surface area (Å²) in [5.41, 5.74) is 1.34. The summed E-state index contributed by atoms with van der Waals surface area (Å²) in [7, 11) is 0. The number of halogens is 1. The second-order valence-corrected chi connectivity index (χ2v) is 3.66. The van der Waals surface area contributed by atoms with Crippen molar-refractivity contribution in [3.8, 4) is 0 Å². The molecule has 0 fully saturated rings. The molecule has 86 valence electrons. The number of nitrogens with zero attached hydrogens (tertiary/aromatic N) is 2. The van der Waals surface area contributed by atoms with E-state index in [9.17, 15) is 4.39 Å². The first-order valence-corrected chi connectivity index (χ1v) is 5.62. The third-order valence-electron chi connectivity index (χ3n) is 2.66. The van der Waals surface area contributed by atoms with Crippen LogP contribution in [0, 0.1) is 5.82 Å². The molecule has 0 unspecified atom stereocenters. The number of aryl methyl sites for hydroxylation is 1. The van der Waals surface area contributed by atoms with Crippen molar-refractivity contribution in [2.45, 2.75) is 26.9 Å². The van der Waals surface area contributed by atoms with Crippen LogP contribution in [0.4, 0.5) is 4.39 Å². The lowest BCUT2D eigenvalue weighted by Gasteiger charge is -2.05. The smallest absolute Gasteiger partial charge is 0.151 e. The fraction of sp³-hybridized carbons (Fsp3) is 0.417. The normalized spacial score (nSPS) is 11.2. The number of rotatable bonds is 4. The Balaban J connectivity index is 2.52. The summed E-state index contributed by atoms with van der Waals surface area (Å²) in [6, 6.07) is 5.08. The van der Waals surface area contributed by atoms with E-state index in [0.29, 0.717) is 12.1 Å². The van der Waals surface area contributed by atoms with E-state index >= 15 is 0 Å². The summed E-state index contributed by atoms with van der Waals surface area (Å²) in [5.74, 6) is 0.645. The first-order chi connectivity index (χ1) is 7.77. The van der Waals surface area contributed by atoms with E-state index in [1.54, 1.807) is 6.07 Å². The van der Waals surface area contributed by atoms with Crippen LogP contribution in [0.1, 0.15) is 19.7 Å². The highest BCUT2D eigenvalue weighted by atomic mass is 19.1. The molecule has 4 heteroatoms. The van der Waals surface area contributed by atoms with Gasteiger partial charge in [0.05, 0.1) is 12.1 Å². The van der Waals surface area contributed by atoms with E-state index in [0.717, 1.165) is 24.4 Å². The minimum Gasteiger partial charge on any atom is -0.327 e. The van der Waals surface area contributed by atoms with Gasteiger partial charge in [0.2, 0.25) is 0 Å². The van der Waals surface area contributed by atoms with Crippen molar-refractivity contribution < 1.29 is 4.39 Å². The minimum atomic E-state index is -0.248. The second-order valence-electron chi connectivity index (χ2n) is 3.66. The quantitative estimate of drug-likeness (QED) is 0.858. The SMILES string of the molecule is CCNCc1nc2c(F)cccc2n1CC. The first kappa shape index (κ1) is 11.1. The molecule has 3 nitrogen and oxygen atoms in total. The van der Waals surface area contributed by atoms with Crippen molar-refractivity contribution in [1.82, 2.24) is 14.9 Å². The van der Waals surface area contributed by atoms with E-state index in [1.807, 2.05) is 24.5 Å². The average molecular weight is 221 g/mol. The molecule has 0 radical (unpaired) electrons. The maximum absolute atomic E-state index is 13.5. The zero-order valence-corrected chi connectivity index (χ0v) is 9.63. The molecule has 0 aliphatic carbocycles. The molecular weight excluding hydrogens is 205 g/mol. The number of hydrogen-bond acceptors (Lipinski definition) is 2. The highest BCUT2D eigenvalue weighted by molar-refractivity contribution is 5.76. The summed E-state index contributed by atoms with van der Waals surface area (Å²) in [6.07, 6.45) is 0. The molecule has 0 saturated heterocycles. The highest BCUT2D eigenvalue weighted by Crippen LogP contribution is 2.18. The lowest BCUT2D eigenvalue weighted by Crippen LogP contribution is -2.16. The van der Waals surface area contributed by atoms with Gasteiger partial charge < -0.3 is 9.88 Å². The topological polar surface area (TPSA) is 29.9 Å². The maximum Gasteiger partial charge on any atom is 0.151 e. The molecule has 0 spiro atoms. The van der Waals surface area contributed by atoms with Gasteiger partial charge in [0.1, 0.15) is 11.3 Å². The molecule has 0 amide bonds. The number of aromatic nitrogens is 2. The molecule has 1 N–H and O–H groups in total. The third kappa shape index (κ3) is 1.80. The zero-order chi connectivity index (χ0) is 11.5.